The molecule has 1 aliphatic heterocycles. The summed E-state index contributed by atoms with van der Waals surface area (Å²) in [6, 6.07) is 7.84. The highest BCUT2D eigenvalue weighted by molar-refractivity contribution is 7.13. The molecule has 0 saturated carbocycles. The number of aliphatic hydroxyl groups excluding tert-OH is 1. The highest BCUT2D eigenvalue weighted by Crippen LogP contribution is 2.28. The second-order valence-corrected chi connectivity index (χ2v) is 6.82. The Labute approximate surface area is 151 Å². The summed E-state index contributed by atoms with van der Waals surface area (Å²) in [5.41, 5.74) is 5.09. The third kappa shape index (κ3) is 4.13. The van der Waals surface area contributed by atoms with Crippen molar-refractivity contribution in [2.45, 2.75) is 38.5 Å². The van der Waals surface area contributed by atoms with Gasteiger partial charge < -0.3 is 15.7 Å². The molecule has 3 rings (SSSR count). The first-order valence-corrected chi connectivity index (χ1v) is 8.65. The number of hydrogen-bond acceptors (Lipinski definition) is 5. The lowest BCUT2D eigenvalue weighted by Gasteiger charge is -2.18. The van der Waals surface area contributed by atoms with Gasteiger partial charge in [-0.2, -0.15) is 0 Å². The van der Waals surface area contributed by atoms with E-state index in [1.807, 2.05) is 31.5 Å². The second-order valence-electron chi connectivity index (χ2n) is 5.97. The van der Waals surface area contributed by atoms with Gasteiger partial charge in [0.25, 0.3) is 0 Å². The van der Waals surface area contributed by atoms with E-state index in [0.29, 0.717) is 13.0 Å². The Morgan fingerprint density at radius 3 is 2.67 bits per heavy atom. The zero-order valence-corrected chi connectivity index (χ0v) is 15.3. The Kier molecular flexibility index (Phi) is 6.34. The fourth-order valence-corrected chi connectivity index (χ4v) is 3.63. The van der Waals surface area contributed by atoms with Crippen LogP contribution in [0, 0.1) is 6.92 Å². The van der Waals surface area contributed by atoms with Crippen molar-refractivity contribution in [1.29, 1.82) is 0 Å². The number of aliphatic hydroxyl groups is 1. The topological polar surface area (TPSA) is 74.2 Å². The van der Waals surface area contributed by atoms with Gasteiger partial charge in [-0.3, -0.25) is 4.79 Å². The van der Waals surface area contributed by atoms with Crippen molar-refractivity contribution in [3.8, 4) is 10.4 Å². The lowest BCUT2D eigenvalue weighted by Crippen LogP contribution is -2.41. The Hall–Kier alpha value is -1.47. The number of aryl methyl sites for hydroxylation is 1. The number of thiazole rings is 1. The molecular formula is C17H22ClN3O2S. The Morgan fingerprint density at radius 2 is 2.12 bits per heavy atom. The molecule has 1 aromatic carbocycles. The third-order valence-electron chi connectivity index (χ3n) is 4.20. The van der Waals surface area contributed by atoms with Crippen LogP contribution in [0.3, 0.4) is 0 Å². The number of aromatic nitrogens is 1. The van der Waals surface area contributed by atoms with Crippen LogP contribution in [0.15, 0.2) is 29.8 Å². The molecule has 1 amide bonds. The van der Waals surface area contributed by atoms with Crippen LogP contribution in [0.5, 0.6) is 0 Å². The van der Waals surface area contributed by atoms with Gasteiger partial charge in [0.2, 0.25) is 5.91 Å². The van der Waals surface area contributed by atoms with E-state index >= 15 is 0 Å². The number of carbonyl (C=O) groups excluding carboxylic acids is 1. The van der Waals surface area contributed by atoms with Gasteiger partial charge in [-0.15, -0.1) is 23.7 Å². The quantitative estimate of drug-likeness (QED) is 0.776. The minimum atomic E-state index is -0.428. The summed E-state index contributed by atoms with van der Waals surface area (Å²) in [5.74, 6) is -0.0589. The van der Waals surface area contributed by atoms with Gasteiger partial charge in [0.1, 0.15) is 0 Å². The van der Waals surface area contributed by atoms with Gasteiger partial charge in [-0.1, -0.05) is 24.3 Å². The number of nitrogens with zero attached hydrogens (tertiary/aromatic N) is 1. The summed E-state index contributed by atoms with van der Waals surface area (Å²) >= 11 is 1.63. The van der Waals surface area contributed by atoms with E-state index in [4.69, 9.17) is 0 Å². The third-order valence-corrected chi connectivity index (χ3v) is 5.18. The van der Waals surface area contributed by atoms with Gasteiger partial charge in [-0.25, -0.2) is 4.98 Å². The van der Waals surface area contributed by atoms with Crippen molar-refractivity contribution in [2.24, 2.45) is 0 Å². The summed E-state index contributed by atoms with van der Waals surface area (Å²) in [7, 11) is 0. The molecule has 1 aromatic heterocycles. The zero-order valence-electron chi connectivity index (χ0n) is 13.7. The molecule has 0 spiro atoms. The standard InChI is InChI=1S/C17H21N3O2S.ClH/c1-10(20-17(22)15-7-14(21)8-18-15)12-3-5-13(6-4-12)16-11(2)19-9-23-16;/h3-6,9-10,14-15,18,21H,7-8H2,1-2H3,(H,20,22);1H/t10-,14?,15?;/m0./s1. The van der Waals surface area contributed by atoms with E-state index in [0.717, 1.165) is 16.8 Å². The molecule has 24 heavy (non-hydrogen) atoms. The van der Waals surface area contributed by atoms with E-state index in [2.05, 4.69) is 27.8 Å². The van der Waals surface area contributed by atoms with E-state index < -0.39 is 6.10 Å². The minimum Gasteiger partial charge on any atom is -0.392 e. The monoisotopic (exact) mass is 367 g/mol. The normalized spacial score (nSPS) is 21.1. The number of benzene rings is 1. The van der Waals surface area contributed by atoms with Crippen LogP contribution < -0.4 is 10.6 Å². The molecule has 3 N–H and O–H groups in total. The molecular weight excluding hydrogens is 346 g/mol. The molecule has 1 saturated heterocycles. The predicted octanol–water partition coefficient (Wildman–Crippen LogP) is 2.44. The first-order valence-electron chi connectivity index (χ1n) is 7.77. The fourth-order valence-electron chi connectivity index (χ4n) is 2.82. The van der Waals surface area contributed by atoms with E-state index in [1.54, 1.807) is 11.3 Å². The number of carbonyl (C=O) groups is 1. The van der Waals surface area contributed by atoms with Crippen molar-refractivity contribution in [3.63, 3.8) is 0 Å². The lowest BCUT2D eigenvalue weighted by atomic mass is 10.0. The number of β-amino-alcohol motifs (C(OH)–C–C–N with tert-alkyl or cyclic N) is 1. The predicted molar refractivity (Wildman–Crippen MR) is 98.5 cm³/mol. The van der Waals surface area contributed by atoms with Crippen LogP contribution in [0.4, 0.5) is 0 Å². The summed E-state index contributed by atoms with van der Waals surface area (Å²) < 4.78 is 0. The van der Waals surface area contributed by atoms with Crippen molar-refractivity contribution < 1.29 is 9.90 Å². The van der Waals surface area contributed by atoms with E-state index in [9.17, 15) is 9.90 Å². The molecule has 5 nitrogen and oxygen atoms in total. The summed E-state index contributed by atoms with van der Waals surface area (Å²) in [4.78, 5) is 17.6. The Balaban J connectivity index is 0.00000208. The number of amides is 1. The van der Waals surface area contributed by atoms with Crippen LogP contribution in [0.2, 0.25) is 0 Å². The van der Waals surface area contributed by atoms with Crippen LogP contribution in [0.1, 0.15) is 30.6 Å². The number of nitrogens with one attached hydrogen (secondary N) is 2. The van der Waals surface area contributed by atoms with Crippen LogP contribution in [0.25, 0.3) is 10.4 Å². The maximum Gasteiger partial charge on any atom is 0.237 e. The largest absolute Gasteiger partial charge is 0.392 e. The molecule has 0 aliphatic carbocycles. The van der Waals surface area contributed by atoms with Crippen LogP contribution in [-0.4, -0.2) is 34.7 Å². The van der Waals surface area contributed by atoms with Crippen LogP contribution >= 0.6 is 23.7 Å². The summed E-state index contributed by atoms with van der Waals surface area (Å²) in [5, 5.41) is 15.5. The Bertz CT molecular complexity index is 689. The fraction of sp³-hybridized carbons (Fsp3) is 0.412. The Morgan fingerprint density at radius 1 is 1.42 bits per heavy atom. The number of hydrogen-bond donors (Lipinski definition) is 3. The summed E-state index contributed by atoms with van der Waals surface area (Å²) in [6.45, 7) is 4.46. The maximum absolute atomic E-state index is 12.2. The first kappa shape index (κ1) is 18.9. The first-order chi connectivity index (χ1) is 11.0. The second kappa shape index (κ2) is 8.07. The molecule has 2 aromatic rings. The zero-order chi connectivity index (χ0) is 16.4. The highest BCUT2D eigenvalue weighted by atomic mass is 35.5. The molecule has 7 heteroatoms. The van der Waals surface area contributed by atoms with Gasteiger partial charge in [0.05, 0.1) is 34.3 Å². The molecule has 2 unspecified atom stereocenters. The lowest BCUT2D eigenvalue weighted by molar-refractivity contribution is -0.123. The highest BCUT2D eigenvalue weighted by Gasteiger charge is 2.28. The van der Waals surface area contributed by atoms with Crippen molar-refractivity contribution >= 4 is 29.7 Å². The molecule has 3 atom stereocenters. The molecule has 0 radical (unpaired) electrons. The van der Waals surface area contributed by atoms with Crippen molar-refractivity contribution in [3.05, 3.63) is 41.0 Å². The average Bonchev–Trinajstić information content (AvgIpc) is 3.16. The van der Waals surface area contributed by atoms with Gasteiger partial charge in [0.15, 0.2) is 0 Å². The average molecular weight is 368 g/mol. The van der Waals surface area contributed by atoms with Crippen LogP contribution in [-0.2, 0) is 4.79 Å². The van der Waals surface area contributed by atoms with Gasteiger partial charge in [-0.05, 0) is 31.4 Å². The van der Waals surface area contributed by atoms with E-state index in [-0.39, 0.29) is 30.4 Å². The molecule has 2 heterocycles. The molecule has 1 aliphatic rings. The van der Waals surface area contributed by atoms with Gasteiger partial charge >= 0.3 is 0 Å². The van der Waals surface area contributed by atoms with Crippen molar-refractivity contribution in [2.75, 3.05) is 6.54 Å². The summed E-state index contributed by atoms with van der Waals surface area (Å²) in [6.07, 6.45) is 0.0466. The molecule has 1 fully saturated rings. The van der Waals surface area contributed by atoms with Crippen molar-refractivity contribution in [1.82, 2.24) is 15.6 Å². The SMILES string of the molecule is Cc1ncsc1-c1ccc([C@H](C)NC(=O)C2CC(O)CN2)cc1.Cl. The molecule has 130 valence electrons. The van der Waals surface area contributed by atoms with Gasteiger partial charge in [0, 0.05) is 6.54 Å². The number of halogens is 1. The minimum absolute atomic E-state index is 0. The molecule has 0 bridgehead atoms. The smallest absolute Gasteiger partial charge is 0.237 e. The van der Waals surface area contributed by atoms with E-state index in [1.165, 1.54) is 4.88 Å². The number of rotatable bonds is 4. The maximum atomic E-state index is 12.2.